The summed E-state index contributed by atoms with van der Waals surface area (Å²) >= 11 is 0. The van der Waals surface area contributed by atoms with Crippen LogP contribution in [0.1, 0.15) is 131 Å². The van der Waals surface area contributed by atoms with Crippen molar-refractivity contribution in [1.82, 2.24) is 10.6 Å². The minimum atomic E-state index is -0.920. The van der Waals surface area contributed by atoms with Crippen LogP contribution in [0.2, 0.25) is 0 Å². The van der Waals surface area contributed by atoms with Gasteiger partial charge in [-0.05, 0) is 88.9 Å². The Balaban J connectivity index is 0.700. The fourth-order valence-electron chi connectivity index (χ4n) is 11.7. The molecule has 58 heavy (non-hydrogen) atoms. The number of fused-ring (bicyclic) bond motifs is 4. The van der Waals surface area contributed by atoms with Gasteiger partial charge in [0.05, 0.1) is 12.8 Å². The first kappa shape index (κ1) is 42.3. The summed E-state index contributed by atoms with van der Waals surface area (Å²) in [5.41, 5.74) is -1.48. The van der Waals surface area contributed by atoms with E-state index in [1.807, 2.05) is 27.7 Å². The van der Waals surface area contributed by atoms with Crippen molar-refractivity contribution in [2.75, 3.05) is 13.1 Å². The largest absolute Gasteiger partial charge is 0.435 e. The van der Waals surface area contributed by atoms with Crippen LogP contribution in [-0.4, -0.2) is 84.8 Å². The van der Waals surface area contributed by atoms with Gasteiger partial charge in [0.15, 0.2) is 23.8 Å². The second-order valence-corrected chi connectivity index (χ2v) is 18.9. The van der Waals surface area contributed by atoms with Crippen molar-refractivity contribution >= 4 is 23.8 Å². The Bertz CT molecular complexity index is 1450. The van der Waals surface area contributed by atoms with Crippen molar-refractivity contribution in [3.8, 4) is 0 Å². The van der Waals surface area contributed by atoms with Gasteiger partial charge in [-0.25, -0.2) is 19.6 Å². The molecule has 8 aliphatic heterocycles. The summed E-state index contributed by atoms with van der Waals surface area (Å²) < 4.78 is 36.9. The quantitative estimate of drug-likeness (QED) is 0.143. The van der Waals surface area contributed by atoms with Crippen LogP contribution in [0, 0.1) is 47.3 Å². The van der Waals surface area contributed by atoms with Crippen LogP contribution in [0.25, 0.3) is 0 Å². The zero-order valence-electron chi connectivity index (χ0n) is 35.0. The number of carbonyl (C=O) groups excluding carboxylic acids is 4. The van der Waals surface area contributed by atoms with E-state index >= 15 is 0 Å². The normalized spacial score (nSPS) is 46.1. The standard InChI is InChI=1S/C42H64N2O14/c1-23-9-11-29-25(3)35(51-37-41(29)27(23)17-19-39(5,53-37)55-57-41)49-33(47)15-13-31(45)43-21-7-8-22-44-32(46)14-16-34(48)50-36-26(4)30-12-10-24(2)28-18-20-40(6)54-38(52-36)42(28,30)58-56-40/h23-30,35-38H,7-22H2,1-6H3,(H,43,45)(H,44,46)/t23-,24-,25-,26-,27?,28?,29?,30?,35+,36+,37+,38?,39-,40-,41-,42-/m1/s1. The van der Waals surface area contributed by atoms with E-state index in [9.17, 15) is 19.2 Å². The van der Waals surface area contributed by atoms with Gasteiger partial charge in [0.1, 0.15) is 0 Å². The minimum absolute atomic E-state index is 0.0180. The average molecular weight is 821 g/mol. The van der Waals surface area contributed by atoms with Crippen LogP contribution >= 0.6 is 0 Å². The van der Waals surface area contributed by atoms with Crippen LogP contribution in [0.3, 0.4) is 0 Å². The number of unbranched alkanes of at least 4 members (excludes halogenated alkanes) is 1. The second-order valence-electron chi connectivity index (χ2n) is 18.9. The molecule has 16 nitrogen and oxygen atoms in total. The molecule has 2 aliphatic carbocycles. The van der Waals surface area contributed by atoms with E-state index in [4.69, 9.17) is 48.0 Å². The maximum absolute atomic E-state index is 12.9. The molecule has 10 aliphatic rings. The van der Waals surface area contributed by atoms with Crippen molar-refractivity contribution in [1.29, 1.82) is 0 Å². The fraction of sp³-hybridized carbons (Fsp3) is 0.905. The van der Waals surface area contributed by atoms with Gasteiger partial charge in [0.2, 0.25) is 36.0 Å². The van der Waals surface area contributed by atoms with E-state index in [-0.39, 0.29) is 73.0 Å². The topological polar surface area (TPSA) is 185 Å². The lowest BCUT2D eigenvalue weighted by molar-refractivity contribution is -0.576. The van der Waals surface area contributed by atoms with Crippen LogP contribution in [-0.2, 0) is 67.1 Å². The lowest BCUT2D eigenvalue weighted by atomic mass is 9.58. The molecule has 2 saturated carbocycles. The molecule has 0 radical (unpaired) electrons. The first-order valence-electron chi connectivity index (χ1n) is 22.0. The molecule has 8 heterocycles. The van der Waals surface area contributed by atoms with Crippen LogP contribution < -0.4 is 10.6 Å². The Morgan fingerprint density at radius 3 is 1.38 bits per heavy atom. The Kier molecular flexibility index (Phi) is 12.0. The zero-order valence-corrected chi connectivity index (χ0v) is 35.0. The highest BCUT2D eigenvalue weighted by atomic mass is 17.3. The number of nitrogens with one attached hydrogen (secondary N) is 2. The van der Waals surface area contributed by atoms with Gasteiger partial charge >= 0.3 is 11.9 Å². The van der Waals surface area contributed by atoms with E-state index in [1.54, 1.807) is 0 Å². The summed E-state index contributed by atoms with van der Waals surface area (Å²) in [5.74, 6) is -2.34. The lowest BCUT2D eigenvalue weighted by Gasteiger charge is -2.59. The third kappa shape index (κ3) is 7.71. The van der Waals surface area contributed by atoms with E-state index in [0.29, 0.717) is 50.6 Å². The highest BCUT2D eigenvalue weighted by Crippen LogP contribution is 2.62. The summed E-state index contributed by atoms with van der Waals surface area (Å²) in [5, 5.41) is 5.66. The molecule has 16 atom stereocenters. The van der Waals surface area contributed by atoms with Gasteiger partial charge in [-0.15, -0.1) is 0 Å². The van der Waals surface area contributed by atoms with Gasteiger partial charge in [0, 0.05) is 62.4 Å². The number of carbonyl (C=O) groups is 4. The fourth-order valence-corrected chi connectivity index (χ4v) is 11.7. The Morgan fingerprint density at radius 2 is 0.966 bits per heavy atom. The monoisotopic (exact) mass is 820 g/mol. The predicted octanol–water partition coefficient (Wildman–Crippen LogP) is 5.06. The molecule has 4 bridgehead atoms. The summed E-state index contributed by atoms with van der Waals surface area (Å²) in [6.45, 7) is 13.0. The molecule has 2 N–H and O–H groups in total. The molecular weight excluding hydrogens is 756 g/mol. The summed E-state index contributed by atoms with van der Waals surface area (Å²) in [6, 6.07) is 0. The van der Waals surface area contributed by atoms with Crippen LogP contribution in [0.4, 0.5) is 0 Å². The van der Waals surface area contributed by atoms with Crippen LogP contribution in [0.5, 0.6) is 0 Å². The number of esters is 2. The number of amides is 2. The summed E-state index contributed by atoms with van der Waals surface area (Å²) in [7, 11) is 0. The first-order chi connectivity index (χ1) is 27.7. The maximum Gasteiger partial charge on any atom is 0.308 e. The number of ether oxygens (including phenoxy) is 6. The zero-order chi connectivity index (χ0) is 41.0. The van der Waals surface area contributed by atoms with Gasteiger partial charge in [-0.1, -0.05) is 27.7 Å². The average Bonchev–Trinajstić information content (AvgIpc) is 3.56. The van der Waals surface area contributed by atoms with Gasteiger partial charge in [-0.3, -0.25) is 19.2 Å². The molecule has 8 saturated heterocycles. The molecular formula is C42H64N2O14. The highest BCUT2D eigenvalue weighted by Gasteiger charge is 2.71. The molecule has 2 amide bonds. The minimum Gasteiger partial charge on any atom is -0.435 e. The third-order valence-electron chi connectivity index (χ3n) is 15.0. The predicted molar refractivity (Wildman–Crippen MR) is 200 cm³/mol. The third-order valence-corrected chi connectivity index (χ3v) is 15.0. The van der Waals surface area contributed by atoms with E-state index in [0.717, 1.165) is 38.5 Å². The lowest BCUT2D eigenvalue weighted by Crippen LogP contribution is -2.70. The Hall–Kier alpha value is -2.44. The molecule has 0 aromatic rings. The van der Waals surface area contributed by atoms with E-state index < -0.39 is 59.9 Å². The molecule has 326 valence electrons. The van der Waals surface area contributed by atoms with Crippen molar-refractivity contribution in [3.63, 3.8) is 0 Å². The highest BCUT2D eigenvalue weighted by molar-refractivity contribution is 5.81. The van der Waals surface area contributed by atoms with Crippen molar-refractivity contribution in [2.24, 2.45) is 47.3 Å². The van der Waals surface area contributed by atoms with Crippen molar-refractivity contribution < 1.29 is 67.1 Å². The molecule has 0 aromatic heterocycles. The maximum atomic E-state index is 12.9. The SMILES string of the molecule is C[C@@H]1CCC2[C@@H](C)[C@@H](OC(=O)CCC(=O)NCCCCNC(=O)CCC(=O)O[C@H]3O[C@H]4O[C@@]5(C)CCC6[C@H](C)CCC([C@H]3C)[C@]64OO5)OC3O[C@@]4(C)CCC1[C@]32OO4. The number of hydrogen-bond donors (Lipinski definition) is 2. The summed E-state index contributed by atoms with van der Waals surface area (Å²) in [6.07, 6.45) is 5.05. The molecule has 2 spiro atoms. The Labute approximate surface area is 340 Å². The second kappa shape index (κ2) is 16.4. The molecule has 0 aromatic carbocycles. The van der Waals surface area contributed by atoms with Gasteiger partial charge in [-0.2, -0.15) is 0 Å². The van der Waals surface area contributed by atoms with Crippen LogP contribution in [0.15, 0.2) is 0 Å². The van der Waals surface area contributed by atoms with E-state index in [2.05, 4.69) is 24.5 Å². The van der Waals surface area contributed by atoms with Gasteiger partial charge < -0.3 is 39.1 Å². The number of rotatable bonds is 13. The van der Waals surface area contributed by atoms with E-state index in [1.165, 1.54) is 0 Å². The smallest absolute Gasteiger partial charge is 0.308 e. The molecule has 16 heteroatoms. The first-order valence-corrected chi connectivity index (χ1v) is 22.0. The Morgan fingerprint density at radius 1 is 0.552 bits per heavy atom. The molecule has 10 rings (SSSR count). The van der Waals surface area contributed by atoms with Crippen molar-refractivity contribution in [2.45, 2.75) is 179 Å². The summed E-state index contributed by atoms with van der Waals surface area (Å²) in [4.78, 5) is 74.9. The van der Waals surface area contributed by atoms with Crippen molar-refractivity contribution in [3.05, 3.63) is 0 Å². The van der Waals surface area contributed by atoms with Gasteiger partial charge in [0.25, 0.3) is 0 Å². The number of hydrogen-bond acceptors (Lipinski definition) is 14. The molecule has 10 fully saturated rings. The molecule has 5 unspecified atom stereocenters.